The third kappa shape index (κ3) is 4.98. The molecule has 1 aromatic carbocycles. The molecule has 29 heavy (non-hydrogen) atoms. The average Bonchev–Trinajstić information content (AvgIpc) is 2.58. The fourth-order valence-electron chi connectivity index (χ4n) is 2.84. The van der Waals surface area contributed by atoms with Crippen LogP contribution in [-0.4, -0.2) is 18.5 Å². The molecule has 0 amide bonds. The number of benzene rings is 1. The molecule has 1 N–H and O–H groups in total. The van der Waals surface area contributed by atoms with Crippen molar-refractivity contribution in [2.24, 2.45) is 0 Å². The first kappa shape index (κ1) is 22.9. The molecule has 0 radical (unpaired) electrons. The van der Waals surface area contributed by atoms with Gasteiger partial charge < -0.3 is 5.11 Å². The first-order valence-electron chi connectivity index (χ1n) is 9.04. The van der Waals surface area contributed by atoms with E-state index in [-0.39, 0.29) is 21.6 Å². The van der Waals surface area contributed by atoms with Gasteiger partial charge in [-0.1, -0.05) is 53.1 Å². The molecular weight excluding hydrogens is 408 g/mol. The van der Waals surface area contributed by atoms with E-state index in [2.05, 4.69) is 4.98 Å². The molecule has 1 heterocycles. The molecule has 0 fully saturated rings. The molecule has 0 saturated carbocycles. The van der Waals surface area contributed by atoms with Gasteiger partial charge in [0.1, 0.15) is 11.8 Å². The highest BCUT2D eigenvalue weighted by Crippen LogP contribution is 2.40. The van der Waals surface area contributed by atoms with Crippen molar-refractivity contribution >= 4 is 27.5 Å². The number of aromatic hydroxyl groups is 1. The Kier molecular flexibility index (Phi) is 6.18. The predicted molar refractivity (Wildman–Crippen MR) is 116 cm³/mol. The molecule has 0 spiro atoms. The summed E-state index contributed by atoms with van der Waals surface area (Å²) in [5.74, 6) is 0.183. The lowest BCUT2D eigenvalue weighted by molar-refractivity contribution is 0.423. The molecule has 0 aliphatic heterocycles. The van der Waals surface area contributed by atoms with Crippen molar-refractivity contribution in [1.82, 2.24) is 4.98 Å². The summed E-state index contributed by atoms with van der Waals surface area (Å²) in [6.07, 6.45) is 2.54. The van der Waals surface area contributed by atoms with Gasteiger partial charge in [0.05, 0.1) is 5.02 Å². The largest absolute Gasteiger partial charge is 0.507 e. The molecule has 0 bridgehead atoms. The van der Waals surface area contributed by atoms with E-state index in [0.29, 0.717) is 21.7 Å². The van der Waals surface area contributed by atoms with E-state index in [9.17, 15) is 18.8 Å². The standard InChI is InChI=1S/C22H25ClN2O3S/c1-21(2,3)17-10-14(11-18(20(17)26)22(4,5)6)9-16(12-24)29(27,28)19-8-7-15(23)13-25-19/h7-11,13,26H,1-6H3. The van der Waals surface area contributed by atoms with Crippen LogP contribution in [0.3, 0.4) is 0 Å². The topological polar surface area (TPSA) is 91.0 Å². The SMILES string of the molecule is CC(C)(C)c1cc(C=C(C#N)S(=O)(=O)c2ccc(Cl)cn2)cc(C(C)(C)C)c1O. The van der Waals surface area contributed by atoms with E-state index in [4.69, 9.17) is 11.6 Å². The molecule has 2 rings (SSSR count). The quantitative estimate of drug-likeness (QED) is 0.658. The highest BCUT2D eigenvalue weighted by atomic mass is 35.5. The van der Waals surface area contributed by atoms with Crippen LogP contribution in [-0.2, 0) is 20.7 Å². The maximum atomic E-state index is 12.9. The third-order valence-corrected chi connectivity index (χ3v) is 6.23. The summed E-state index contributed by atoms with van der Waals surface area (Å²) >= 11 is 5.78. The van der Waals surface area contributed by atoms with Crippen molar-refractivity contribution < 1.29 is 13.5 Å². The van der Waals surface area contributed by atoms with Crippen molar-refractivity contribution in [3.05, 3.63) is 57.1 Å². The smallest absolute Gasteiger partial charge is 0.233 e. The van der Waals surface area contributed by atoms with Crippen molar-refractivity contribution in [2.45, 2.75) is 57.4 Å². The number of nitriles is 1. The van der Waals surface area contributed by atoms with E-state index in [1.54, 1.807) is 18.2 Å². The normalized spacial score (nSPS) is 13.2. The van der Waals surface area contributed by atoms with Crippen molar-refractivity contribution in [3.63, 3.8) is 0 Å². The van der Waals surface area contributed by atoms with E-state index >= 15 is 0 Å². The minimum absolute atomic E-state index is 0.183. The second-order valence-corrected chi connectivity index (χ2v) is 11.2. The number of hydrogen-bond acceptors (Lipinski definition) is 5. The lowest BCUT2D eigenvalue weighted by Gasteiger charge is -2.28. The minimum atomic E-state index is -4.11. The first-order chi connectivity index (χ1) is 13.2. The molecule has 0 saturated heterocycles. The van der Waals surface area contributed by atoms with Gasteiger partial charge in [-0.25, -0.2) is 13.4 Å². The summed E-state index contributed by atoms with van der Waals surface area (Å²) in [5, 5.41) is 20.4. The molecule has 0 aliphatic carbocycles. The molecule has 1 aromatic heterocycles. The summed E-state index contributed by atoms with van der Waals surface area (Å²) in [7, 11) is -4.11. The van der Waals surface area contributed by atoms with Crippen molar-refractivity contribution in [3.8, 4) is 11.8 Å². The molecule has 0 unspecified atom stereocenters. The second-order valence-electron chi connectivity index (χ2n) is 8.90. The van der Waals surface area contributed by atoms with Crippen LogP contribution in [0.4, 0.5) is 0 Å². The van der Waals surface area contributed by atoms with Crippen LogP contribution in [0, 0.1) is 11.3 Å². The van der Waals surface area contributed by atoms with E-state index in [0.717, 1.165) is 0 Å². The van der Waals surface area contributed by atoms with Crippen LogP contribution >= 0.6 is 11.6 Å². The van der Waals surface area contributed by atoms with Crippen LogP contribution in [0.5, 0.6) is 5.75 Å². The maximum Gasteiger partial charge on any atom is 0.233 e. The van der Waals surface area contributed by atoms with Gasteiger partial charge >= 0.3 is 0 Å². The number of sulfone groups is 1. The maximum absolute atomic E-state index is 12.9. The van der Waals surface area contributed by atoms with Gasteiger partial charge in [0.2, 0.25) is 9.84 Å². The number of aromatic nitrogens is 1. The van der Waals surface area contributed by atoms with Gasteiger partial charge in [-0.2, -0.15) is 5.26 Å². The zero-order valence-electron chi connectivity index (χ0n) is 17.4. The third-order valence-electron chi connectivity index (χ3n) is 4.42. The zero-order chi connectivity index (χ0) is 22.2. The Balaban J connectivity index is 2.73. The number of hydrogen-bond donors (Lipinski definition) is 1. The van der Waals surface area contributed by atoms with Crippen LogP contribution < -0.4 is 0 Å². The lowest BCUT2D eigenvalue weighted by atomic mass is 9.78. The van der Waals surface area contributed by atoms with Crippen LogP contribution in [0.1, 0.15) is 58.2 Å². The number of allylic oxidation sites excluding steroid dienone is 1. The number of pyridine rings is 1. The van der Waals surface area contributed by atoms with Gasteiger partial charge in [-0.3, -0.25) is 0 Å². The van der Waals surface area contributed by atoms with Crippen molar-refractivity contribution in [2.75, 3.05) is 0 Å². The van der Waals surface area contributed by atoms with E-state index < -0.39 is 14.7 Å². The molecule has 0 atom stereocenters. The van der Waals surface area contributed by atoms with E-state index in [1.807, 2.05) is 41.5 Å². The Labute approximate surface area is 177 Å². The molecule has 7 heteroatoms. The molecule has 154 valence electrons. The highest BCUT2D eigenvalue weighted by Gasteiger charge is 2.27. The number of rotatable bonds is 3. The second kappa shape index (κ2) is 7.81. The summed E-state index contributed by atoms with van der Waals surface area (Å²) in [6, 6.07) is 7.88. The Morgan fingerprint density at radius 2 is 1.62 bits per heavy atom. The Bertz CT molecular complexity index is 1060. The van der Waals surface area contributed by atoms with Gasteiger partial charge in [0, 0.05) is 17.3 Å². The van der Waals surface area contributed by atoms with Gasteiger partial charge in [0.25, 0.3) is 0 Å². The lowest BCUT2D eigenvalue weighted by Crippen LogP contribution is -2.17. The molecule has 2 aromatic rings. The van der Waals surface area contributed by atoms with E-state index in [1.165, 1.54) is 24.4 Å². The van der Waals surface area contributed by atoms with Gasteiger partial charge in [-0.15, -0.1) is 0 Å². The fraction of sp³-hybridized carbons (Fsp3) is 0.364. The van der Waals surface area contributed by atoms with Crippen LogP contribution in [0.25, 0.3) is 6.08 Å². The highest BCUT2D eigenvalue weighted by molar-refractivity contribution is 7.95. The molecular formula is C22H25ClN2O3S. The fourth-order valence-corrected chi connectivity index (χ4v) is 4.03. The Hall–Kier alpha value is -2.36. The van der Waals surface area contributed by atoms with Gasteiger partial charge in [-0.05, 0) is 46.7 Å². The monoisotopic (exact) mass is 432 g/mol. The number of nitrogens with zero attached hydrogens (tertiary/aromatic N) is 2. The Morgan fingerprint density at radius 3 is 2.00 bits per heavy atom. The summed E-state index contributed by atoms with van der Waals surface area (Å²) in [4.78, 5) is 3.40. The Morgan fingerprint density at radius 1 is 1.10 bits per heavy atom. The van der Waals surface area contributed by atoms with Crippen molar-refractivity contribution in [1.29, 1.82) is 5.26 Å². The number of halogens is 1. The summed E-state index contributed by atoms with van der Waals surface area (Å²) < 4.78 is 25.7. The summed E-state index contributed by atoms with van der Waals surface area (Å²) in [5.41, 5.74) is 1.12. The van der Waals surface area contributed by atoms with Crippen LogP contribution in [0.2, 0.25) is 5.02 Å². The molecule has 0 aliphatic rings. The predicted octanol–water partition coefficient (Wildman–Crippen LogP) is 5.37. The average molecular weight is 433 g/mol. The zero-order valence-corrected chi connectivity index (χ0v) is 19.0. The summed E-state index contributed by atoms with van der Waals surface area (Å²) in [6.45, 7) is 11.8. The van der Waals surface area contributed by atoms with Crippen LogP contribution in [0.15, 0.2) is 40.4 Å². The van der Waals surface area contributed by atoms with Gasteiger partial charge in [0.15, 0.2) is 9.93 Å². The minimum Gasteiger partial charge on any atom is -0.507 e. The first-order valence-corrected chi connectivity index (χ1v) is 10.9. The number of phenols is 1. The molecule has 5 nitrogen and oxygen atoms in total. The number of phenolic OH excluding ortho intramolecular Hbond substituents is 1.